The molecule has 0 fully saturated rings. The van der Waals surface area contributed by atoms with Crippen LogP contribution >= 0.6 is 0 Å². The lowest BCUT2D eigenvalue weighted by Crippen LogP contribution is -2.04. The Labute approximate surface area is 86.6 Å². The molecule has 0 radical (unpaired) electrons. The summed E-state index contributed by atoms with van der Waals surface area (Å²) in [6.07, 6.45) is 3.07. The van der Waals surface area contributed by atoms with E-state index >= 15 is 0 Å². The van der Waals surface area contributed by atoms with Crippen molar-refractivity contribution in [1.29, 1.82) is 0 Å². The van der Waals surface area contributed by atoms with Gasteiger partial charge in [-0.2, -0.15) is 0 Å². The Balaban J connectivity index is 2.46. The average molecular weight is 202 g/mol. The summed E-state index contributed by atoms with van der Waals surface area (Å²) < 4.78 is 0. The van der Waals surface area contributed by atoms with Crippen LogP contribution in [-0.2, 0) is 0 Å². The highest BCUT2D eigenvalue weighted by atomic mass is 16.3. The van der Waals surface area contributed by atoms with Crippen molar-refractivity contribution in [3.63, 3.8) is 0 Å². The quantitative estimate of drug-likeness (QED) is 0.728. The number of rotatable bonds is 2. The molecule has 0 aliphatic heterocycles. The number of phenols is 1. The Morgan fingerprint density at radius 1 is 1.47 bits per heavy atom. The van der Waals surface area contributed by atoms with E-state index in [0.717, 1.165) is 5.56 Å². The van der Waals surface area contributed by atoms with Gasteiger partial charge in [-0.3, -0.25) is 4.79 Å². The number of aromatic hydroxyl groups is 1. The number of phenolic OH excluding ortho intramolecular Hbond substituents is 1. The van der Waals surface area contributed by atoms with Crippen molar-refractivity contribution in [3.8, 4) is 5.75 Å². The van der Waals surface area contributed by atoms with E-state index < -0.39 is 0 Å². The smallest absolute Gasteiger partial charge is 0.231 e. The van der Waals surface area contributed by atoms with Gasteiger partial charge in [0.1, 0.15) is 5.75 Å². The van der Waals surface area contributed by atoms with E-state index in [1.807, 2.05) is 6.92 Å². The number of imidazole rings is 1. The van der Waals surface area contributed by atoms with E-state index in [9.17, 15) is 9.90 Å². The van der Waals surface area contributed by atoms with Gasteiger partial charge in [-0.05, 0) is 19.1 Å². The molecule has 2 rings (SSSR count). The van der Waals surface area contributed by atoms with Crippen LogP contribution in [0.25, 0.3) is 0 Å². The van der Waals surface area contributed by atoms with Gasteiger partial charge in [-0.15, -0.1) is 0 Å². The van der Waals surface area contributed by atoms with Gasteiger partial charge in [0.2, 0.25) is 5.78 Å². The number of hydrogen-bond acceptors (Lipinski definition) is 3. The van der Waals surface area contributed by atoms with Crippen molar-refractivity contribution in [3.05, 3.63) is 47.5 Å². The molecule has 76 valence electrons. The Morgan fingerprint density at radius 3 is 2.93 bits per heavy atom. The van der Waals surface area contributed by atoms with Gasteiger partial charge in [0.25, 0.3) is 0 Å². The van der Waals surface area contributed by atoms with Gasteiger partial charge in [-0.1, -0.05) is 11.6 Å². The highest BCUT2D eigenvalue weighted by Crippen LogP contribution is 2.20. The number of aromatic amines is 1. The van der Waals surface area contributed by atoms with Crippen molar-refractivity contribution in [2.75, 3.05) is 0 Å². The molecule has 0 bridgehead atoms. The molecular weight excluding hydrogens is 192 g/mol. The minimum atomic E-state index is -0.304. The lowest BCUT2D eigenvalue weighted by molar-refractivity contribution is 0.102. The molecule has 1 aromatic heterocycles. The summed E-state index contributed by atoms with van der Waals surface area (Å²) in [5.41, 5.74) is 1.19. The monoisotopic (exact) mass is 202 g/mol. The maximum atomic E-state index is 11.8. The molecule has 4 nitrogen and oxygen atoms in total. The van der Waals surface area contributed by atoms with Crippen LogP contribution in [0, 0.1) is 6.92 Å². The second-order valence-electron chi connectivity index (χ2n) is 3.29. The molecule has 0 unspecified atom stereocenters. The number of hydrogen-bond donors (Lipinski definition) is 2. The summed E-state index contributed by atoms with van der Waals surface area (Å²) in [5.74, 6) is -0.0981. The zero-order valence-corrected chi connectivity index (χ0v) is 8.19. The third-order valence-electron chi connectivity index (χ3n) is 2.11. The van der Waals surface area contributed by atoms with E-state index in [2.05, 4.69) is 9.97 Å². The summed E-state index contributed by atoms with van der Waals surface area (Å²) in [6.45, 7) is 1.86. The molecule has 0 saturated carbocycles. The van der Waals surface area contributed by atoms with Gasteiger partial charge in [0.15, 0.2) is 5.82 Å². The number of carbonyl (C=O) groups is 1. The molecule has 2 aromatic rings. The highest BCUT2D eigenvalue weighted by molar-refractivity contribution is 6.08. The van der Waals surface area contributed by atoms with E-state index in [-0.39, 0.29) is 22.9 Å². The van der Waals surface area contributed by atoms with Crippen LogP contribution in [0.15, 0.2) is 30.6 Å². The second kappa shape index (κ2) is 3.57. The van der Waals surface area contributed by atoms with Gasteiger partial charge in [0, 0.05) is 12.4 Å². The Hall–Kier alpha value is -2.10. The van der Waals surface area contributed by atoms with Crippen LogP contribution in [0.1, 0.15) is 21.7 Å². The van der Waals surface area contributed by atoms with Crippen LogP contribution in [-0.4, -0.2) is 20.9 Å². The van der Waals surface area contributed by atoms with Crippen molar-refractivity contribution >= 4 is 5.78 Å². The average Bonchev–Trinajstić information content (AvgIpc) is 2.74. The Morgan fingerprint density at radius 2 is 2.27 bits per heavy atom. The number of aryl methyl sites for hydroxylation is 1. The fraction of sp³-hybridized carbons (Fsp3) is 0.0909. The molecule has 0 spiro atoms. The number of nitrogens with zero attached hydrogens (tertiary/aromatic N) is 1. The first-order chi connectivity index (χ1) is 7.18. The largest absolute Gasteiger partial charge is 0.507 e. The zero-order chi connectivity index (χ0) is 10.8. The maximum absolute atomic E-state index is 11.8. The number of nitrogens with one attached hydrogen (secondary N) is 1. The van der Waals surface area contributed by atoms with Crippen LogP contribution in [0.2, 0.25) is 0 Å². The van der Waals surface area contributed by atoms with Gasteiger partial charge >= 0.3 is 0 Å². The molecule has 0 aliphatic rings. The number of benzene rings is 1. The van der Waals surface area contributed by atoms with Crippen molar-refractivity contribution in [2.24, 2.45) is 0 Å². The number of ketones is 1. The predicted molar refractivity (Wildman–Crippen MR) is 54.9 cm³/mol. The normalized spacial score (nSPS) is 10.2. The third kappa shape index (κ3) is 1.74. The van der Waals surface area contributed by atoms with E-state index in [1.165, 1.54) is 12.3 Å². The van der Waals surface area contributed by atoms with E-state index in [1.54, 1.807) is 18.3 Å². The summed E-state index contributed by atoms with van der Waals surface area (Å²) in [6, 6.07) is 4.89. The topological polar surface area (TPSA) is 66.0 Å². The minimum absolute atomic E-state index is 0.0259. The van der Waals surface area contributed by atoms with Gasteiger partial charge in [0.05, 0.1) is 5.56 Å². The predicted octanol–water partition coefficient (Wildman–Crippen LogP) is 1.65. The fourth-order valence-electron chi connectivity index (χ4n) is 1.35. The highest BCUT2D eigenvalue weighted by Gasteiger charge is 2.15. The summed E-state index contributed by atoms with van der Waals surface area (Å²) in [7, 11) is 0. The van der Waals surface area contributed by atoms with Crippen LogP contribution < -0.4 is 0 Å². The van der Waals surface area contributed by atoms with Crippen LogP contribution in [0.5, 0.6) is 5.75 Å². The minimum Gasteiger partial charge on any atom is -0.507 e. The summed E-state index contributed by atoms with van der Waals surface area (Å²) >= 11 is 0. The molecule has 0 saturated heterocycles. The molecule has 1 heterocycles. The standard InChI is InChI=1S/C11H10N2O2/c1-7-2-3-9(14)8(6-7)10(15)11-12-4-5-13-11/h2-6,14H,1H3,(H,12,13). The lowest BCUT2D eigenvalue weighted by Gasteiger charge is -2.02. The SMILES string of the molecule is Cc1ccc(O)c(C(=O)c2ncc[nH]2)c1. The zero-order valence-electron chi connectivity index (χ0n) is 8.19. The van der Waals surface area contributed by atoms with Crippen LogP contribution in [0.4, 0.5) is 0 Å². The molecule has 1 aromatic carbocycles. The summed E-state index contributed by atoms with van der Waals surface area (Å²) in [5, 5.41) is 9.54. The van der Waals surface area contributed by atoms with Crippen LogP contribution in [0.3, 0.4) is 0 Å². The number of aromatic nitrogens is 2. The molecule has 2 N–H and O–H groups in total. The van der Waals surface area contributed by atoms with Crippen molar-refractivity contribution in [2.45, 2.75) is 6.92 Å². The maximum Gasteiger partial charge on any atom is 0.231 e. The number of H-pyrrole nitrogens is 1. The first kappa shape index (κ1) is 9.45. The molecule has 15 heavy (non-hydrogen) atoms. The Kier molecular flexibility index (Phi) is 2.25. The molecule has 0 amide bonds. The Bertz CT molecular complexity index is 489. The molecule has 0 atom stereocenters. The van der Waals surface area contributed by atoms with Crippen molar-refractivity contribution < 1.29 is 9.90 Å². The molecular formula is C11H10N2O2. The fourth-order valence-corrected chi connectivity index (χ4v) is 1.35. The molecule has 4 heteroatoms. The van der Waals surface area contributed by atoms with E-state index in [0.29, 0.717) is 0 Å². The number of carbonyl (C=O) groups excluding carboxylic acids is 1. The lowest BCUT2D eigenvalue weighted by atomic mass is 10.1. The van der Waals surface area contributed by atoms with Gasteiger partial charge in [-0.25, -0.2) is 4.98 Å². The first-order valence-electron chi connectivity index (χ1n) is 4.52. The van der Waals surface area contributed by atoms with Gasteiger partial charge < -0.3 is 10.1 Å². The summed E-state index contributed by atoms with van der Waals surface area (Å²) in [4.78, 5) is 18.4. The second-order valence-corrected chi connectivity index (χ2v) is 3.29. The first-order valence-corrected chi connectivity index (χ1v) is 4.52. The van der Waals surface area contributed by atoms with E-state index in [4.69, 9.17) is 0 Å². The van der Waals surface area contributed by atoms with Crippen molar-refractivity contribution in [1.82, 2.24) is 9.97 Å². The third-order valence-corrected chi connectivity index (χ3v) is 2.11. The molecule has 0 aliphatic carbocycles.